The molecule has 80 valence electrons. The Kier molecular flexibility index (Phi) is 3.04. The Bertz CT molecular complexity index is 366. The first kappa shape index (κ1) is 9.79. The van der Waals surface area contributed by atoms with Crippen LogP contribution in [0.15, 0.2) is 23.2 Å². The molecule has 0 unspecified atom stereocenters. The molecular formula is C10H12N2O3. The molecule has 0 fully saturated rings. The van der Waals surface area contributed by atoms with Crippen LogP contribution in [-0.4, -0.2) is 19.7 Å². The predicted octanol–water partition coefficient (Wildman–Crippen LogP) is 1.62. The molecule has 5 heteroatoms. The zero-order valence-electron chi connectivity index (χ0n) is 8.40. The van der Waals surface area contributed by atoms with Crippen molar-refractivity contribution in [1.29, 1.82) is 0 Å². The van der Waals surface area contributed by atoms with Gasteiger partial charge in [0.15, 0.2) is 11.5 Å². The number of rotatable bonds is 4. The first-order valence-corrected chi connectivity index (χ1v) is 4.69. The van der Waals surface area contributed by atoms with Crippen molar-refractivity contribution >= 4 is 12.0 Å². The summed E-state index contributed by atoms with van der Waals surface area (Å²) in [5.74, 6) is 1.48. The lowest BCUT2D eigenvalue weighted by Gasteiger charge is -1.98. The topological polar surface area (TPSA) is 52.1 Å². The van der Waals surface area contributed by atoms with Gasteiger partial charge in [0, 0.05) is 6.07 Å². The highest BCUT2D eigenvalue weighted by molar-refractivity contribution is 5.62. The van der Waals surface area contributed by atoms with Gasteiger partial charge >= 0.3 is 0 Å². The minimum absolute atomic E-state index is 0.277. The maximum Gasteiger partial charge on any atom is 0.231 e. The number of aliphatic imine (C=N–C) groups is 1. The van der Waals surface area contributed by atoms with Crippen molar-refractivity contribution in [1.82, 2.24) is 5.48 Å². The van der Waals surface area contributed by atoms with Gasteiger partial charge in [0.1, 0.15) is 6.34 Å². The number of nitrogens with zero attached hydrogens (tertiary/aromatic N) is 1. The number of nitrogens with one attached hydrogen (secondary N) is 1. The summed E-state index contributed by atoms with van der Waals surface area (Å²) in [4.78, 5) is 9.02. The summed E-state index contributed by atoms with van der Waals surface area (Å²) in [6, 6.07) is 5.49. The first-order chi connectivity index (χ1) is 7.40. The molecule has 0 amide bonds. The fraction of sp³-hybridized carbons (Fsp3) is 0.300. The number of hydrogen-bond donors (Lipinski definition) is 1. The summed E-state index contributed by atoms with van der Waals surface area (Å²) < 4.78 is 10.4. The molecule has 1 aromatic rings. The van der Waals surface area contributed by atoms with E-state index in [2.05, 4.69) is 10.5 Å². The third-order valence-corrected chi connectivity index (χ3v) is 1.85. The fourth-order valence-corrected chi connectivity index (χ4v) is 1.19. The number of fused-ring (bicyclic) bond motifs is 1. The van der Waals surface area contributed by atoms with Gasteiger partial charge in [0.2, 0.25) is 6.79 Å². The van der Waals surface area contributed by atoms with E-state index in [-0.39, 0.29) is 6.79 Å². The molecule has 0 saturated carbocycles. The van der Waals surface area contributed by atoms with Crippen molar-refractivity contribution in [3.8, 4) is 11.5 Å². The quantitative estimate of drug-likeness (QED) is 0.353. The molecule has 5 nitrogen and oxygen atoms in total. The van der Waals surface area contributed by atoms with E-state index >= 15 is 0 Å². The summed E-state index contributed by atoms with van der Waals surface area (Å²) >= 11 is 0. The number of hydroxylamine groups is 1. The summed E-state index contributed by atoms with van der Waals surface area (Å²) in [5.41, 5.74) is 3.37. The Balaban J connectivity index is 2.00. The lowest BCUT2D eigenvalue weighted by molar-refractivity contribution is 0.100. The van der Waals surface area contributed by atoms with E-state index in [4.69, 9.17) is 14.3 Å². The molecule has 0 radical (unpaired) electrons. The highest BCUT2D eigenvalue weighted by atomic mass is 16.7. The van der Waals surface area contributed by atoms with Gasteiger partial charge in [-0.05, 0) is 19.1 Å². The molecule has 1 aromatic carbocycles. The van der Waals surface area contributed by atoms with E-state index in [0.717, 1.165) is 17.2 Å². The number of benzene rings is 1. The van der Waals surface area contributed by atoms with Crippen molar-refractivity contribution in [2.24, 2.45) is 4.99 Å². The Hall–Kier alpha value is -1.75. The highest BCUT2D eigenvalue weighted by Crippen LogP contribution is 2.34. The van der Waals surface area contributed by atoms with Crippen LogP contribution >= 0.6 is 0 Å². The monoisotopic (exact) mass is 208 g/mol. The van der Waals surface area contributed by atoms with Crippen LogP contribution in [0.4, 0.5) is 5.69 Å². The minimum Gasteiger partial charge on any atom is -0.454 e. The second kappa shape index (κ2) is 4.65. The van der Waals surface area contributed by atoms with Gasteiger partial charge in [-0.1, -0.05) is 0 Å². The normalized spacial score (nSPS) is 13.4. The van der Waals surface area contributed by atoms with Crippen LogP contribution in [0, 0.1) is 0 Å². The van der Waals surface area contributed by atoms with Gasteiger partial charge in [0.25, 0.3) is 0 Å². The molecule has 0 bridgehead atoms. The van der Waals surface area contributed by atoms with Crippen LogP contribution in [0.3, 0.4) is 0 Å². The van der Waals surface area contributed by atoms with Crippen LogP contribution < -0.4 is 15.0 Å². The van der Waals surface area contributed by atoms with Crippen molar-refractivity contribution in [3.05, 3.63) is 18.2 Å². The predicted molar refractivity (Wildman–Crippen MR) is 55.5 cm³/mol. The molecule has 0 aromatic heterocycles. The maximum atomic E-state index is 5.22. The van der Waals surface area contributed by atoms with Crippen LogP contribution in [-0.2, 0) is 4.84 Å². The molecule has 1 N–H and O–H groups in total. The van der Waals surface area contributed by atoms with Gasteiger partial charge < -0.3 is 9.47 Å². The molecule has 1 aliphatic rings. The van der Waals surface area contributed by atoms with Crippen molar-refractivity contribution < 1.29 is 14.3 Å². The third-order valence-electron chi connectivity index (χ3n) is 1.85. The minimum atomic E-state index is 0.277. The van der Waals surface area contributed by atoms with Crippen molar-refractivity contribution in [2.45, 2.75) is 6.92 Å². The molecule has 1 aliphatic heterocycles. The SMILES string of the molecule is CCONC=Nc1ccc2c(c1)OCO2. The fourth-order valence-electron chi connectivity index (χ4n) is 1.19. The maximum absolute atomic E-state index is 5.22. The van der Waals surface area contributed by atoms with E-state index in [0.29, 0.717) is 6.61 Å². The van der Waals surface area contributed by atoms with Gasteiger partial charge in [-0.2, -0.15) is 0 Å². The van der Waals surface area contributed by atoms with E-state index < -0.39 is 0 Å². The van der Waals surface area contributed by atoms with Gasteiger partial charge in [0.05, 0.1) is 12.3 Å². The van der Waals surface area contributed by atoms with Gasteiger partial charge in [-0.25, -0.2) is 4.99 Å². The molecule has 1 heterocycles. The van der Waals surface area contributed by atoms with Crippen LogP contribution in [0.1, 0.15) is 6.92 Å². The third kappa shape index (κ3) is 2.38. The number of hydrogen-bond acceptors (Lipinski definition) is 4. The van der Waals surface area contributed by atoms with Gasteiger partial charge in [-0.3, -0.25) is 10.3 Å². The Morgan fingerprint density at radius 1 is 1.47 bits per heavy atom. The lowest BCUT2D eigenvalue weighted by Crippen LogP contribution is -2.10. The Morgan fingerprint density at radius 3 is 3.20 bits per heavy atom. The van der Waals surface area contributed by atoms with E-state index in [9.17, 15) is 0 Å². The zero-order chi connectivity index (χ0) is 10.5. The second-order valence-electron chi connectivity index (χ2n) is 2.85. The summed E-state index contributed by atoms with van der Waals surface area (Å²) in [6.07, 6.45) is 1.49. The smallest absolute Gasteiger partial charge is 0.231 e. The van der Waals surface area contributed by atoms with Crippen LogP contribution in [0.25, 0.3) is 0 Å². The van der Waals surface area contributed by atoms with E-state index in [1.807, 2.05) is 25.1 Å². The van der Waals surface area contributed by atoms with Crippen molar-refractivity contribution in [2.75, 3.05) is 13.4 Å². The summed E-state index contributed by atoms with van der Waals surface area (Å²) in [5, 5.41) is 0. The average molecular weight is 208 g/mol. The van der Waals surface area contributed by atoms with E-state index in [1.165, 1.54) is 6.34 Å². The van der Waals surface area contributed by atoms with Crippen LogP contribution in [0.5, 0.6) is 11.5 Å². The summed E-state index contributed by atoms with van der Waals surface area (Å²) in [7, 11) is 0. The van der Waals surface area contributed by atoms with Gasteiger partial charge in [-0.15, -0.1) is 0 Å². The standard InChI is InChI=1S/C10H12N2O3/c1-2-15-12-6-11-8-3-4-9-10(5-8)14-7-13-9/h3-6H,2,7H2,1H3,(H,11,12). The molecule has 0 spiro atoms. The highest BCUT2D eigenvalue weighted by Gasteiger charge is 2.12. The van der Waals surface area contributed by atoms with Crippen molar-refractivity contribution in [3.63, 3.8) is 0 Å². The van der Waals surface area contributed by atoms with Crippen LogP contribution in [0.2, 0.25) is 0 Å². The lowest BCUT2D eigenvalue weighted by atomic mass is 10.3. The molecule has 2 rings (SSSR count). The Labute approximate surface area is 87.6 Å². The zero-order valence-corrected chi connectivity index (χ0v) is 8.40. The second-order valence-corrected chi connectivity index (χ2v) is 2.85. The molecule has 0 atom stereocenters. The summed E-state index contributed by atoms with van der Waals surface area (Å²) in [6.45, 7) is 2.76. The average Bonchev–Trinajstić information content (AvgIpc) is 2.71. The molecule has 0 saturated heterocycles. The molecule has 15 heavy (non-hydrogen) atoms. The molecular weight excluding hydrogens is 196 g/mol. The van der Waals surface area contributed by atoms with E-state index in [1.54, 1.807) is 0 Å². The largest absolute Gasteiger partial charge is 0.454 e. The first-order valence-electron chi connectivity index (χ1n) is 4.69. The Morgan fingerprint density at radius 2 is 2.33 bits per heavy atom. The number of ether oxygens (including phenoxy) is 2. The molecule has 0 aliphatic carbocycles.